The van der Waals surface area contributed by atoms with Crippen LogP contribution in [0, 0.1) is 22.2 Å². The van der Waals surface area contributed by atoms with E-state index in [2.05, 4.69) is 60.3 Å². The van der Waals surface area contributed by atoms with Gasteiger partial charge in [-0.15, -0.1) is 0 Å². The third-order valence-electron chi connectivity index (χ3n) is 17.5. The molecule has 11 nitrogen and oxygen atoms in total. The number of ether oxygens (including phenoxy) is 7. The normalized spacial score (nSPS) is 19.7. The molecule has 2 bridgehead atoms. The fourth-order valence-electron chi connectivity index (χ4n) is 13.5. The molecule has 4 unspecified atom stereocenters. The Kier molecular flexibility index (Phi) is 49.0. The molecule has 0 aromatic heterocycles. The highest BCUT2D eigenvalue weighted by Crippen LogP contribution is 2.64. The molecule has 0 amide bonds. The lowest BCUT2D eigenvalue weighted by atomic mass is 9.47. The molecule has 2 saturated carbocycles. The van der Waals surface area contributed by atoms with Crippen molar-refractivity contribution in [3.8, 4) is 0 Å². The van der Waals surface area contributed by atoms with Crippen molar-refractivity contribution in [2.24, 2.45) is 22.2 Å². The van der Waals surface area contributed by atoms with Gasteiger partial charge in [-0.1, -0.05) is 198 Å². The standard InChI is InChI=1S/C68H129NO10.C2H6/c1-9-15-19-23-27-31-48-76-64(77-49-32-28-24-20-16-10-2)42-40-62(71)74-53-37-45-67(8)56-60-55-66(7,44-36-52-73-61(70)39-35-47-69(13-5)14-6)58-68(57-60,59-67)46-38-54-75-63(72)41-43-65(78-50-33-29-25-21-17-11-3)79-51-34-30-26-22-18-12-4;1-2/h60,64-65H,9-59H2,1-8H3;1-2H3. The SMILES string of the molecule is CC.CCCCCCCCOC(CCC(=O)OCCCC1(C)CC2CC(C)(CCCOC(=O)CCCN(CC)CC)CC(CCCOC(=O)CCC(OCCCCCCCC)OCCCCCCCC)(C2)C1)OCCCCCCCC. The summed E-state index contributed by atoms with van der Waals surface area (Å²) in [5, 5.41) is 0. The van der Waals surface area contributed by atoms with Gasteiger partial charge in [0.2, 0.25) is 0 Å². The molecule has 2 fully saturated rings. The highest BCUT2D eigenvalue weighted by atomic mass is 16.7. The van der Waals surface area contributed by atoms with Crippen molar-refractivity contribution in [3.05, 3.63) is 0 Å². The second-order valence-electron chi connectivity index (χ2n) is 25.5. The number of carbonyl (C=O) groups is 3. The summed E-state index contributed by atoms with van der Waals surface area (Å²) in [7, 11) is 0. The molecule has 0 aromatic rings. The van der Waals surface area contributed by atoms with E-state index in [1.165, 1.54) is 148 Å². The predicted octanol–water partition coefficient (Wildman–Crippen LogP) is 19.4. The van der Waals surface area contributed by atoms with Crippen LogP contribution in [0.4, 0.5) is 0 Å². The van der Waals surface area contributed by atoms with Crippen LogP contribution in [-0.4, -0.2) is 101 Å². The van der Waals surface area contributed by atoms with Gasteiger partial charge in [-0.2, -0.15) is 0 Å². The molecule has 0 spiro atoms. The van der Waals surface area contributed by atoms with Gasteiger partial charge < -0.3 is 38.1 Å². The molecule has 0 heterocycles. The van der Waals surface area contributed by atoms with E-state index in [0.29, 0.717) is 84.3 Å². The Hall–Kier alpha value is -1.79. The summed E-state index contributed by atoms with van der Waals surface area (Å²) in [6, 6.07) is 0. The lowest BCUT2D eigenvalue weighted by molar-refractivity contribution is -0.160. The van der Waals surface area contributed by atoms with Crippen molar-refractivity contribution in [2.75, 3.05) is 65.9 Å². The van der Waals surface area contributed by atoms with Crippen LogP contribution in [-0.2, 0) is 47.5 Å². The van der Waals surface area contributed by atoms with Crippen LogP contribution < -0.4 is 0 Å². The molecule has 11 heteroatoms. The second-order valence-corrected chi connectivity index (χ2v) is 25.5. The first-order valence-electron chi connectivity index (χ1n) is 35.0. The highest BCUT2D eigenvalue weighted by Gasteiger charge is 2.52. The molecule has 2 rings (SSSR count). The van der Waals surface area contributed by atoms with Crippen molar-refractivity contribution < 1.29 is 47.5 Å². The van der Waals surface area contributed by atoms with Crippen molar-refractivity contribution in [2.45, 2.75) is 345 Å². The van der Waals surface area contributed by atoms with Crippen LogP contribution in [0.3, 0.4) is 0 Å². The van der Waals surface area contributed by atoms with Crippen molar-refractivity contribution >= 4 is 17.9 Å². The van der Waals surface area contributed by atoms with Gasteiger partial charge in [-0.25, -0.2) is 0 Å². The Bertz CT molecular complexity index is 1420. The number of carbonyl (C=O) groups excluding carboxylic acids is 3. The summed E-state index contributed by atoms with van der Waals surface area (Å²) in [5.41, 5.74) is 0.419. The van der Waals surface area contributed by atoms with Crippen molar-refractivity contribution in [1.82, 2.24) is 4.90 Å². The number of fused-ring (bicyclic) bond motifs is 2. The smallest absolute Gasteiger partial charge is 0.305 e. The van der Waals surface area contributed by atoms with Crippen LogP contribution in [0.25, 0.3) is 0 Å². The number of nitrogens with zero attached hydrogens (tertiary/aromatic N) is 1. The zero-order valence-corrected chi connectivity index (χ0v) is 55.3. The summed E-state index contributed by atoms with van der Waals surface area (Å²) in [5.74, 6) is 0.195. The molecule has 0 aliphatic heterocycles. The third kappa shape index (κ3) is 41.0. The Morgan fingerprint density at radius 3 is 1.06 bits per heavy atom. The molecule has 81 heavy (non-hydrogen) atoms. The van der Waals surface area contributed by atoms with E-state index in [1.807, 2.05) is 13.8 Å². The summed E-state index contributed by atoms with van der Waals surface area (Å²) >= 11 is 0. The molecule has 4 atom stereocenters. The number of unbranched alkanes of at least 4 members (excludes halogenated alkanes) is 20. The van der Waals surface area contributed by atoms with E-state index in [9.17, 15) is 14.4 Å². The van der Waals surface area contributed by atoms with E-state index in [0.717, 1.165) is 103 Å². The maximum Gasteiger partial charge on any atom is 0.305 e. The van der Waals surface area contributed by atoms with Gasteiger partial charge in [0.05, 0.1) is 32.7 Å². The van der Waals surface area contributed by atoms with E-state index in [4.69, 9.17) is 33.2 Å². The van der Waals surface area contributed by atoms with Crippen LogP contribution in [0.5, 0.6) is 0 Å². The first kappa shape index (κ1) is 77.2. The van der Waals surface area contributed by atoms with Gasteiger partial charge in [-0.05, 0) is 145 Å². The van der Waals surface area contributed by atoms with Gasteiger partial charge in [0.25, 0.3) is 0 Å². The lowest BCUT2D eigenvalue weighted by Gasteiger charge is -2.58. The van der Waals surface area contributed by atoms with Crippen molar-refractivity contribution in [3.63, 3.8) is 0 Å². The fraction of sp³-hybridized carbons (Fsp3) is 0.957. The minimum Gasteiger partial charge on any atom is -0.466 e. The summed E-state index contributed by atoms with van der Waals surface area (Å²) in [6.07, 6.45) is 42.7. The molecule has 2 aliphatic carbocycles. The number of hydrogen-bond donors (Lipinski definition) is 0. The third-order valence-corrected chi connectivity index (χ3v) is 17.5. The first-order valence-corrected chi connectivity index (χ1v) is 35.0. The molecule has 0 radical (unpaired) electrons. The molecular weight excluding hydrogens is 1010 g/mol. The van der Waals surface area contributed by atoms with Crippen LogP contribution in [0.2, 0.25) is 0 Å². The van der Waals surface area contributed by atoms with Gasteiger partial charge in [0, 0.05) is 45.7 Å². The maximum atomic E-state index is 13.3. The first-order chi connectivity index (χ1) is 39.4. The number of hydrogen-bond acceptors (Lipinski definition) is 11. The molecule has 480 valence electrons. The molecule has 0 N–H and O–H groups in total. The topological polar surface area (TPSA) is 119 Å². The van der Waals surface area contributed by atoms with Gasteiger partial charge in [-0.3, -0.25) is 14.4 Å². The summed E-state index contributed by atoms with van der Waals surface area (Å²) in [4.78, 5) is 41.5. The zero-order chi connectivity index (χ0) is 59.6. The van der Waals surface area contributed by atoms with Gasteiger partial charge in [0.1, 0.15) is 0 Å². The van der Waals surface area contributed by atoms with Gasteiger partial charge in [0.15, 0.2) is 12.6 Å². The Morgan fingerprint density at radius 2 is 0.716 bits per heavy atom. The van der Waals surface area contributed by atoms with Crippen molar-refractivity contribution in [1.29, 1.82) is 0 Å². The maximum absolute atomic E-state index is 13.3. The van der Waals surface area contributed by atoms with E-state index in [1.54, 1.807) is 0 Å². The minimum absolute atomic E-state index is 0.0768. The Morgan fingerprint density at radius 1 is 0.395 bits per heavy atom. The minimum atomic E-state index is -0.371. The van der Waals surface area contributed by atoms with E-state index in [-0.39, 0.29) is 46.7 Å². The lowest BCUT2D eigenvalue weighted by Crippen LogP contribution is -2.47. The second kappa shape index (κ2) is 51.4. The van der Waals surface area contributed by atoms with Crippen LogP contribution in [0.1, 0.15) is 332 Å². The summed E-state index contributed by atoms with van der Waals surface area (Å²) < 4.78 is 42.6. The largest absolute Gasteiger partial charge is 0.466 e. The molecular formula is C70H135NO10. The van der Waals surface area contributed by atoms with Crippen LogP contribution in [0.15, 0.2) is 0 Å². The zero-order valence-electron chi connectivity index (χ0n) is 55.3. The predicted molar refractivity (Wildman–Crippen MR) is 338 cm³/mol. The summed E-state index contributed by atoms with van der Waals surface area (Å²) in [6.45, 7) is 29.2. The molecule has 2 aliphatic rings. The Balaban J connectivity index is 0.0000162. The van der Waals surface area contributed by atoms with E-state index >= 15 is 0 Å². The monoisotopic (exact) mass is 1150 g/mol. The average molecular weight is 1150 g/mol. The average Bonchev–Trinajstić information content (AvgIpc) is 3.60. The fourth-order valence-corrected chi connectivity index (χ4v) is 13.5. The molecule has 0 saturated heterocycles. The van der Waals surface area contributed by atoms with Crippen LogP contribution >= 0.6 is 0 Å². The molecule has 0 aromatic carbocycles. The highest BCUT2D eigenvalue weighted by molar-refractivity contribution is 5.70. The number of rotatable bonds is 56. The quantitative estimate of drug-likeness (QED) is 0.0251. The van der Waals surface area contributed by atoms with E-state index < -0.39 is 0 Å². The Labute approximate surface area is 501 Å². The number of esters is 3. The van der Waals surface area contributed by atoms with Gasteiger partial charge >= 0.3 is 17.9 Å².